The molecule has 0 radical (unpaired) electrons. The molecule has 3 heterocycles. The number of pyridine rings is 1. The third kappa shape index (κ3) is 3.03. The molecule has 7 nitrogen and oxygen atoms in total. The van der Waals surface area contributed by atoms with Gasteiger partial charge in [0, 0.05) is 37.3 Å². The Balaban J connectivity index is 1.37. The zero-order valence-electron chi connectivity index (χ0n) is 13.4. The maximum Gasteiger partial charge on any atom is 0.227 e. The van der Waals surface area contributed by atoms with E-state index in [2.05, 4.69) is 15.1 Å². The van der Waals surface area contributed by atoms with Crippen molar-refractivity contribution >= 4 is 5.91 Å². The predicted molar refractivity (Wildman–Crippen MR) is 84.9 cm³/mol. The maximum absolute atomic E-state index is 12.6. The standard InChI is InChI=1S/C17H20N4O3/c22-16(21-9-10-23-14-5-1-4-13(14)21)7-6-15-19-17(20-24-15)12-3-2-8-18-11-12/h2-3,8,11,13-14H,1,4-7,9-10H2/t13-,14+/m0/s1. The second kappa shape index (κ2) is 6.68. The van der Waals surface area contributed by atoms with Gasteiger partial charge in [-0.05, 0) is 31.4 Å². The Bertz CT molecular complexity index is 703. The van der Waals surface area contributed by atoms with E-state index in [1.165, 1.54) is 0 Å². The van der Waals surface area contributed by atoms with Gasteiger partial charge in [0.1, 0.15) is 0 Å². The Hall–Kier alpha value is -2.28. The summed E-state index contributed by atoms with van der Waals surface area (Å²) < 4.78 is 11.0. The normalized spacial score (nSPS) is 23.2. The van der Waals surface area contributed by atoms with Gasteiger partial charge in [-0.3, -0.25) is 9.78 Å². The molecule has 0 spiro atoms. The molecule has 0 unspecified atom stereocenters. The van der Waals surface area contributed by atoms with Crippen molar-refractivity contribution < 1.29 is 14.1 Å². The van der Waals surface area contributed by atoms with Gasteiger partial charge < -0.3 is 14.2 Å². The van der Waals surface area contributed by atoms with Crippen LogP contribution in [0.15, 0.2) is 29.0 Å². The van der Waals surface area contributed by atoms with Gasteiger partial charge in [0.2, 0.25) is 17.6 Å². The number of hydrogen-bond donors (Lipinski definition) is 0. The SMILES string of the molecule is O=C(CCc1nc(-c2cccnc2)no1)N1CCO[C@@H]2CCC[C@@H]21. The molecule has 1 saturated carbocycles. The van der Waals surface area contributed by atoms with Crippen LogP contribution in [0.25, 0.3) is 11.4 Å². The third-order valence-corrected chi connectivity index (χ3v) is 4.74. The highest BCUT2D eigenvalue weighted by Gasteiger charge is 2.38. The van der Waals surface area contributed by atoms with Gasteiger partial charge in [-0.15, -0.1) is 0 Å². The molecule has 1 amide bonds. The molecule has 1 aliphatic heterocycles. The van der Waals surface area contributed by atoms with Crippen LogP contribution in [0.3, 0.4) is 0 Å². The molecule has 24 heavy (non-hydrogen) atoms. The van der Waals surface area contributed by atoms with Crippen LogP contribution < -0.4 is 0 Å². The maximum atomic E-state index is 12.6. The van der Waals surface area contributed by atoms with Gasteiger partial charge in [-0.25, -0.2) is 0 Å². The third-order valence-electron chi connectivity index (χ3n) is 4.74. The molecule has 1 saturated heterocycles. The van der Waals surface area contributed by atoms with Gasteiger partial charge in [-0.1, -0.05) is 5.16 Å². The van der Waals surface area contributed by atoms with Crippen molar-refractivity contribution in [1.29, 1.82) is 0 Å². The lowest BCUT2D eigenvalue weighted by atomic mass is 10.1. The first-order chi connectivity index (χ1) is 11.8. The molecule has 4 rings (SSSR count). The topological polar surface area (TPSA) is 81.3 Å². The summed E-state index contributed by atoms with van der Waals surface area (Å²) in [5.41, 5.74) is 0.806. The number of carbonyl (C=O) groups is 1. The predicted octanol–water partition coefficient (Wildman–Crippen LogP) is 1.84. The summed E-state index contributed by atoms with van der Waals surface area (Å²) in [6, 6.07) is 3.95. The van der Waals surface area contributed by atoms with Crippen molar-refractivity contribution in [2.75, 3.05) is 13.2 Å². The molecule has 2 atom stereocenters. The van der Waals surface area contributed by atoms with Crippen molar-refractivity contribution in [3.05, 3.63) is 30.4 Å². The second-order valence-corrected chi connectivity index (χ2v) is 6.25. The van der Waals surface area contributed by atoms with Crippen LogP contribution in [0, 0.1) is 0 Å². The van der Waals surface area contributed by atoms with E-state index in [-0.39, 0.29) is 18.1 Å². The van der Waals surface area contributed by atoms with E-state index < -0.39 is 0 Å². The summed E-state index contributed by atoms with van der Waals surface area (Å²) >= 11 is 0. The molecule has 2 aliphatic rings. The fourth-order valence-corrected chi connectivity index (χ4v) is 3.56. The second-order valence-electron chi connectivity index (χ2n) is 6.25. The molecule has 126 valence electrons. The summed E-state index contributed by atoms with van der Waals surface area (Å²) in [6.07, 6.45) is 7.70. The first kappa shape index (κ1) is 15.3. The summed E-state index contributed by atoms with van der Waals surface area (Å²) in [5, 5.41) is 3.96. The molecule has 2 aromatic heterocycles. The molecule has 0 bridgehead atoms. The minimum atomic E-state index is 0.149. The smallest absolute Gasteiger partial charge is 0.227 e. The van der Waals surface area contributed by atoms with Gasteiger partial charge in [0.15, 0.2) is 0 Å². The number of amides is 1. The van der Waals surface area contributed by atoms with Crippen LogP contribution in [0.4, 0.5) is 0 Å². The van der Waals surface area contributed by atoms with Gasteiger partial charge in [-0.2, -0.15) is 4.98 Å². The first-order valence-electron chi connectivity index (χ1n) is 8.45. The van der Waals surface area contributed by atoms with Crippen LogP contribution in [0.1, 0.15) is 31.6 Å². The Morgan fingerprint density at radius 2 is 2.33 bits per heavy atom. The summed E-state index contributed by atoms with van der Waals surface area (Å²) in [6.45, 7) is 1.32. The molecule has 1 aliphatic carbocycles. The number of aromatic nitrogens is 3. The number of rotatable bonds is 4. The van der Waals surface area contributed by atoms with E-state index in [1.54, 1.807) is 12.4 Å². The van der Waals surface area contributed by atoms with Crippen molar-refractivity contribution in [1.82, 2.24) is 20.0 Å². The largest absolute Gasteiger partial charge is 0.374 e. The van der Waals surface area contributed by atoms with Crippen molar-refractivity contribution in [3.8, 4) is 11.4 Å². The van der Waals surface area contributed by atoms with Crippen LogP contribution in [-0.4, -0.2) is 51.2 Å². The van der Waals surface area contributed by atoms with Crippen LogP contribution >= 0.6 is 0 Å². The summed E-state index contributed by atoms with van der Waals surface area (Å²) in [5.74, 6) is 1.14. The fourth-order valence-electron chi connectivity index (χ4n) is 3.56. The van der Waals surface area contributed by atoms with Gasteiger partial charge in [0.05, 0.1) is 18.8 Å². The van der Waals surface area contributed by atoms with E-state index >= 15 is 0 Å². The van der Waals surface area contributed by atoms with Crippen LogP contribution in [0.5, 0.6) is 0 Å². The Kier molecular flexibility index (Phi) is 4.25. The Morgan fingerprint density at radius 3 is 3.21 bits per heavy atom. The summed E-state index contributed by atoms with van der Waals surface area (Å²) in [4.78, 5) is 22.9. The van der Waals surface area contributed by atoms with Crippen molar-refractivity contribution in [3.63, 3.8) is 0 Å². The minimum absolute atomic E-state index is 0.149. The lowest BCUT2D eigenvalue weighted by Gasteiger charge is -2.37. The summed E-state index contributed by atoms with van der Waals surface area (Å²) in [7, 11) is 0. The Morgan fingerprint density at radius 1 is 1.38 bits per heavy atom. The van der Waals surface area contributed by atoms with Gasteiger partial charge in [0.25, 0.3) is 0 Å². The number of morpholine rings is 1. The molecular weight excluding hydrogens is 308 g/mol. The Labute approximate surface area is 140 Å². The highest BCUT2D eigenvalue weighted by Crippen LogP contribution is 2.30. The van der Waals surface area contributed by atoms with Crippen molar-refractivity contribution in [2.24, 2.45) is 0 Å². The molecular formula is C17H20N4O3. The molecule has 0 N–H and O–H groups in total. The zero-order valence-corrected chi connectivity index (χ0v) is 13.4. The molecule has 0 aromatic carbocycles. The lowest BCUT2D eigenvalue weighted by Crippen LogP contribution is -2.51. The number of carbonyl (C=O) groups excluding carboxylic acids is 1. The van der Waals surface area contributed by atoms with Crippen LogP contribution in [-0.2, 0) is 16.0 Å². The van der Waals surface area contributed by atoms with Gasteiger partial charge >= 0.3 is 0 Å². The molecule has 7 heteroatoms. The van der Waals surface area contributed by atoms with Crippen LogP contribution in [0.2, 0.25) is 0 Å². The van der Waals surface area contributed by atoms with E-state index in [0.717, 1.165) is 24.8 Å². The average Bonchev–Trinajstić information content (AvgIpc) is 3.29. The van der Waals surface area contributed by atoms with E-state index in [4.69, 9.17) is 9.26 Å². The molecule has 2 fully saturated rings. The van der Waals surface area contributed by atoms with Crippen molar-refractivity contribution in [2.45, 2.75) is 44.2 Å². The molecule has 2 aromatic rings. The first-order valence-corrected chi connectivity index (χ1v) is 8.45. The number of ether oxygens (including phenoxy) is 1. The number of aryl methyl sites for hydroxylation is 1. The number of fused-ring (bicyclic) bond motifs is 1. The monoisotopic (exact) mass is 328 g/mol. The minimum Gasteiger partial charge on any atom is -0.374 e. The number of hydrogen-bond acceptors (Lipinski definition) is 6. The number of nitrogens with zero attached hydrogens (tertiary/aromatic N) is 4. The highest BCUT2D eigenvalue weighted by atomic mass is 16.5. The quantitative estimate of drug-likeness (QED) is 0.852. The average molecular weight is 328 g/mol. The highest BCUT2D eigenvalue weighted by molar-refractivity contribution is 5.77. The zero-order chi connectivity index (χ0) is 16.4. The van der Waals surface area contributed by atoms with E-state index in [0.29, 0.717) is 37.7 Å². The van der Waals surface area contributed by atoms with E-state index in [9.17, 15) is 4.79 Å². The fraction of sp³-hybridized carbons (Fsp3) is 0.529. The van der Waals surface area contributed by atoms with E-state index in [1.807, 2.05) is 17.0 Å². The lowest BCUT2D eigenvalue weighted by molar-refractivity contribution is -0.144.